The highest BCUT2D eigenvalue weighted by Crippen LogP contribution is 2.00. The third kappa shape index (κ3) is 6.66. The van der Waals surface area contributed by atoms with Crippen LogP contribution in [0.2, 0.25) is 0 Å². The largest absolute Gasteiger partial charge is 0.318 e. The van der Waals surface area contributed by atoms with Gasteiger partial charge in [-0.25, -0.2) is 0 Å². The first-order chi connectivity index (χ1) is 8.76. The summed E-state index contributed by atoms with van der Waals surface area (Å²) in [6.07, 6.45) is 0. The number of nitrogens with one attached hydrogen (secondary N) is 2. The quantitative estimate of drug-likeness (QED) is 0.568. The van der Waals surface area contributed by atoms with Gasteiger partial charge in [0.2, 0.25) is 0 Å². The Labute approximate surface area is 114 Å². The van der Waals surface area contributed by atoms with Crippen LogP contribution < -0.4 is 10.6 Å². The molecule has 0 atom stereocenters. The highest BCUT2D eigenvalue weighted by molar-refractivity contribution is 4.73. The zero-order chi connectivity index (χ0) is 13.2. The van der Waals surface area contributed by atoms with Crippen molar-refractivity contribution in [2.75, 3.05) is 86.6 Å². The Hall–Kier alpha value is -0.200. The minimum absolute atomic E-state index is 0. The van der Waals surface area contributed by atoms with Crippen LogP contribution in [0.4, 0.5) is 0 Å². The van der Waals surface area contributed by atoms with Gasteiger partial charge in [-0.05, 0) is 21.1 Å². The number of hydrogen-bond acceptors (Lipinski definition) is 5. The Kier molecular flexibility index (Phi) is 8.54. The number of hydrogen-bond donors (Lipinski definition) is 2. The van der Waals surface area contributed by atoms with E-state index in [1.807, 2.05) is 14.1 Å². The molecule has 0 spiro atoms. The summed E-state index contributed by atoms with van der Waals surface area (Å²) in [7, 11) is 6.25. The first-order valence-electron chi connectivity index (χ1n) is 7.18. The van der Waals surface area contributed by atoms with Crippen LogP contribution in [0.3, 0.4) is 0 Å². The molecule has 1 heterocycles. The molecule has 5 nitrogen and oxygen atoms in total. The average Bonchev–Trinajstić information content (AvgIpc) is 2.41. The highest BCUT2D eigenvalue weighted by Gasteiger charge is 2.16. The number of piperazine rings is 1. The molecule has 1 rings (SSSR count). The van der Waals surface area contributed by atoms with Crippen LogP contribution in [0.5, 0.6) is 0 Å². The van der Waals surface area contributed by atoms with Gasteiger partial charge >= 0.3 is 0 Å². The van der Waals surface area contributed by atoms with E-state index in [0.717, 1.165) is 19.6 Å². The normalized spacial score (nSPS) is 18.7. The van der Waals surface area contributed by atoms with Crippen LogP contribution in [0.1, 0.15) is 1.43 Å². The lowest BCUT2D eigenvalue weighted by atomic mass is 10.3. The molecule has 1 fully saturated rings. The summed E-state index contributed by atoms with van der Waals surface area (Å²) in [6, 6.07) is 0. The Morgan fingerprint density at radius 2 is 1.44 bits per heavy atom. The third-order valence-electron chi connectivity index (χ3n) is 3.68. The van der Waals surface area contributed by atoms with E-state index in [9.17, 15) is 0 Å². The van der Waals surface area contributed by atoms with Gasteiger partial charge < -0.3 is 15.5 Å². The van der Waals surface area contributed by atoms with Gasteiger partial charge in [0.05, 0.1) is 0 Å². The summed E-state index contributed by atoms with van der Waals surface area (Å²) < 4.78 is 0. The van der Waals surface area contributed by atoms with Gasteiger partial charge in [0.1, 0.15) is 0 Å². The van der Waals surface area contributed by atoms with E-state index in [2.05, 4.69) is 32.4 Å². The summed E-state index contributed by atoms with van der Waals surface area (Å²) >= 11 is 0. The molecule has 1 aliphatic heterocycles. The molecular weight excluding hydrogens is 226 g/mol. The van der Waals surface area contributed by atoms with Crippen molar-refractivity contribution in [1.82, 2.24) is 25.3 Å². The van der Waals surface area contributed by atoms with Crippen LogP contribution >= 0.6 is 0 Å². The Bertz CT molecular complexity index is 197. The van der Waals surface area contributed by atoms with Crippen LogP contribution in [0, 0.1) is 0 Å². The zero-order valence-corrected chi connectivity index (χ0v) is 12.4. The fraction of sp³-hybridized carbons (Fsp3) is 1.00. The minimum Gasteiger partial charge on any atom is -0.318 e. The molecule has 0 aliphatic carbocycles. The zero-order valence-electron chi connectivity index (χ0n) is 12.4. The van der Waals surface area contributed by atoms with Crippen molar-refractivity contribution < 1.29 is 1.43 Å². The topological polar surface area (TPSA) is 33.8 Å². The molecular formula is C13H33N5. The van der Waals surface area contributed by atoms with Gasteiger partial charge in [0, 0.05) is 66.9 Å². The van der Waals surface area contributed by atoms with Gasteiger partial charge in [0.15, 0.2) is 0 Å². The summed E-state index contributed by atoms with van der Waals surface area (Å²) in [6.45, 7) is 11.8. The van der Waals surface area contributed by atoms with Gasteiger partial charge in [-0.1, -0.05) is 0 Å². The Morgan fingerprint density at radius 1 is 0.889 bits per heavy atom. The molecule has 110 valence electrons. The fourth-order valence-corrected chi connectivity index (χ4v) is 2.23. The van der Waals surface area contributed by atoms with Gasteiger partial charge in [-0.2, -0.15) is 0 Å². The van der Waals surface area contributed by atoms with Crippen molar-refractivity contribution in [3.8, 4) is 0 Å². The second-order valence-corrected chi connectivity index (χ2v) is 5.19. The Balaban J connectivity index is 0.00000324. The van der Waals surface area contributed by atoms with E-state index in [4.69, 9.17) is 0 Å². The number of likely N-dealkylation sites (N-methyl/N-ethyl adjacent to an activating group) is 3. The van der Waals surface area contributed by atoms with Crippen molar-refractivity contribution in [2.24, 2.45) is 0 Å². The second kappa shape index (κ2) is 9.69. The number of nitrogens with zero attached hydrogens (tertiary/aromatic N) is 3. The first-order valence-corrected chi connectivity index (χ1v) is 7.18. The third-order valence-corrected chi connectivity index (χ3v) is 3.68. The first kappa shape index (κ1) is 15.9. The molecule has 1 aliphatic rings. The minimum atomic E-state index is 0. The van der Waals surface area contributed by atoms with Gasteiger partial charge in [-0.3, -0.25) is 9.80 Å². The highest BCUT2D eigenvalue weighted by atomic mass is 15.3. The smallest absolute Gasteiger partial charge is 0.0110 e. The van der Waals surface area contributed by atoms with Crippen molar-refractivity contribution in [3.05, 3.63) is 0 Å². The van der Waals surface area contributed by atoms with E-state index in [1.54, 1.807) is 0 Å². The van der Waals surface area contributed by atoms with Crippen LogP contribution in [0.15, 0.2) is 0 Å². The molecule has 0 bridgehead atoms. The molecule has 2 N–H and O–H groups in total. The van der Waals surface area contributed by atoms with Gasteiger partial charge in [0.25, 0.3) is 0 Å². The lowest BCUT2D eigenvalue weighted by Crippen LogP contribution is -2.49. The molecule has 0 saturated carbocycles. The van der Waals surface area contributed by atoms with Crippen molar-refractivity contribution in [1.29, 1.82) is 0 Å². The van der Waals surface area contributed by atoms with E-state index in [1.165, 1.54) is 45.8 Å². The molecule has 0 aromatic heterocycles. The lowest BCUT2D eigenvalue weighted by Gasteiger charge is -2.35. The Morgan fingerprint density at radius 3 is 2.00 bits per heavy atom. The summed E-state index contributed by atoms with van der Waals surface area (Å²) in [5.41, 5.74) is 0. The fourth-order valence-electron chi connectivity index (χ4n) is 2.23. The van der Waals surface area contributed by atoms with E-state index in [-0.39, 0.29) is 1.43 Å². The average molecular weight is 259 g/mol. The molecule has 0 aromatic carbocycles. The van der Waals surface area contributed by atoms with Crippen LogP contribution in [0.25, 0.3) is 0 Å². The second-order valence-electron chi connectivity index (χ2n) is 5.19. The summed E-state index contributed by atoms with van der Waals surface area (Å²) in [4.78, 5) is 7.55. The van der Waals surface area contributed by atoms with Crippen molar-refractivity contribution in [3.63, 3.8) is 0 Å². The molecule has 0 aromatic rings. The molecule has 0 radical (unpaired) electrons. The van der Waals surface area contributed by atoms with Crippen molar-refractivity contribution >= 4 is 0 Å². The maximum atomic E-state index is 3.22. The van der Waals surface area contributed by atoms with Crippen molar-refractivity contribution in [2.45, 2.75) is 0 Å². The van der Waals surface area contributed by atoms with Crippen LogP contribution in [-0.2, 0) is 0 Å². The van der Waals surface area contributed by atoms with E-state index < -0.39 is 0 Å². The molecule has 0 amide bonds. The molecule has 1 saturated heterocycles. The molecule has 18 heavy (non-hydrogen) atoms. The lowest BCUT2D eigenvalue weighted by molar-refractivity contribution is 0.123. The SMILES string of the molecule is CNCCN(C)CCN1CCN(CCNC)CC1.[HH]. The van der Waals surface area contributed by atoms with Crippen LogP contribution in [-0.4, -0.2) is 101 Å². The maximum absolute atomic E-state index is 3.22. The standard InChI is InChI=1S/C13H31N5.H2/c1-14-4-6-16(3)8-9-18-12-10-17(11-13-18)7-5-15-2;/h14-15H,4-13H2,1-3H3;1H. The predicted octanol–water partition coefficient (Wildman–Crippen LogP) is -0.779. The van der Waals surface area contributed by atoms with E-state index >= 15 is 0 Å². The summed E-state index contributed by atoms with van der Waals surface area (Å²) in [5.74, 6) is 0. The molecule has 0 unspecified atom stereocenters. The number of rotatable bonds is 9. The monoisotopic (exact) mass is 259 g/mol. The van der Waals surface area contributed by atoms with Gasteiger partial charge in [-0.15, -0.1) is 0 Å². The maximum Gasteiger partial charge on any atom is 0.0110 e. The molecule has 5 heteroatoms. The predicted molar refractivity (Wildman–Crippen MR) is 80.3 cm³/mol. The summed E-state index contributed by atoms with van der Waals surface area (Å²) in [5, 5.41) is 6.41. The van der Waals surface area contributed by atoms with E-state index in [0.29, 0.717) is 0 Å².